The highest BCUT2D eigenvalue weighted by atomic mass is 19.1. The summed E-state index contributed by atoms with van der Waals surface area (Å²) in [6.07, 6.45) is 1.40. The molecule has 1 unspecified atom stereocenters. The summed E-state index contributed by atoms with van der Waals surface area (Å²) < 4.78 is 31.6. The Bertz CT molecular complexity index is 1440. The molecule has 2 aromatic carbocycles. The fourth-order valence-corrected chi connectivity index (χ4v) is 5.63. The summed E-state index contributed by atoms with van der Waals surface area (Å²) >= 11 is 0. The average molecular weight is 621 g/mol. The number of rotatable bonds is 12. The maximum absolute atomic E-state index is 13.3. The molecule has 4 rings (SSSR count). The van der Waals surface area contributed by atoms with E-state index in [0.29, 0.717) is 30.0 Å². The topological polar surface area (TPSA) is 81.1 Å². The first-order chi connectivity index (χ1) is 21.1. The first kappa shape index (κ1) is 34.4. The number of piperidine rings is 1. The molecular weight excluding hydrogens is 571 g/mol. The van der Waals surface area contributed by atoms with E-state index in [0.717, 1.165) is 54.0 Å². The lowest BCUT2D eigenvalue weighted by Crippen LogP contribution is -2.39. The van der Waals surface area contributed by atoms with Crippen molar-refractivity contribution in [2.24, 2.45) is 5.41 Å². The first-order valence-electron chi connectivity index (χ1n) is 15.9. The van der Waals surface area contributed by atoms with Crippen molar-refractivity contribution in [2.45, 2.75) is 99.1 Å². The molecule has 0 amide bonds. The quantitative estimate of drug-likeness (QED) is 0.218. The number of aryl methyl sites for hydroxylation is 1. The molecule has 8 heteroatoms. The second kappa shape index (κ2) is 14.3. The van der Waals surface area contributed by atoms with Crippen molar-refractivity contribution >= 4 is 11.7 Å². The van der Waals surface area contributed by atoms with Crippen LogP contribution in [0.2, 0.25) is 0 Å². The van der Waals surface area contributed by atoms with Crippen molar-refractivity contribution in [1.82, 2.24) is 4.98 Å². The highest BCUT2D eigenvalue weighted by Crippen LogP contribution is 2.45. The Morgan fingerprint density at radius 2 is 1.67 bits per heavy atom. The smallest absolute Gasteiger partial charge is 0.337 e. The normalized spacial score (nSPS) is 15.7. The minimum Gasteiger partial charge on any atom is -0.493 e. The molecule has 0 spiro atoms. The summed E-state index contributed by atoms with van der Waals surface area (Å²) in [5, 5.41) is 10.5. The number of halogens is 1. The summed E-state index contributed by atoms with van der Waals surface area (Å²) in [5.41, 5.74) is 5.08. The highest BCUT2D eigenvalue weighted by molar-refractivity contribution is 5.88. The van der Waals surface area contributed by atoms with Gasteiger partial charge in [0.2, 0.25) is 0 Å². The molecule has 1 saturated heterocycles. The van der Waals surface area contributed by atoms with Crippen molar-refractivity contribution in [3.05, 3.63) is 76.9 Å². The van der Waals surface area contributed by atoms with Gasteiger partial charge in [-0.05, 0) is 95.2 Å². The molecule has 1 fully saturated rings. The van der Waals surface area contributed by atoms with Gasteiger partial charge in [0.05, 0.1) is 36.3 Å². The molecule has 1 aliphatic rings. The molecule has 244 valence electrons. The van der Waals surface area contributed by atoms with Gasteiger partial charge < -0.3 is 24.2 Å². The van der Waals surface area contributed by atoms with Crippen molar-refractivity contribution in [3.63, 3.8) is 0 Å². The molecule has 0 saturated carbocycles. The summed E-state index contributed by atoms with van der Waals surface area (Å²) in [6.45, 7) is 18.3. The number of carboxylic acids is 1. The zero-order chi connectivity index (χ0) is 32.9. The molecule has 0 aliphatic carbocycles. The van der Waals surface area contributed by atoms with Crippen LogP contribution in [0.15, 0.2) is 48.5 Å². The van der Waals surface area contributed by atoms with Crippen LogP contribution in [0.5, 0.6) is 5.75 Å². The van der Waals surface area contributed by atoms with E-state index in [1.54, 1.807) is 12.1 Å². The van der Waals surface area contributed by atoms with E-state index in [1.807, 2.05) is 65.8 Å². The van der Waals surface area contributed by atoms with Gasteiger partial charge in [-0.3, -0.25) is 4.98 Å². The SMILES string of the molecule is Cc1nc(COC(C)C)c(-c2ccc(OCCc3ccc(F)cc3)cc2)c(N2CCC(C)(C)CC2)c1C(OC(C)(C)C)C(=O)O. The van der Waals surface area contributed by atoms with Gasteiger partial charge in [-0.1, -0.05) is 38.1 Å². The standard InChI is InChI=1S/C37H49FN2O5/c1-24(2)44-23-30-32(27-11-15-29(16-12-27)43-22-17-26-9-13-28(38)14-10-26)33(40-20-18-37(7,8)19-21-40)31(25(3)39-30)34(35(41)42)45-36(4,5)6/h9-16,24,34H,17-23H2,1-8H3,(H,41,42). The average Bonchev–Trinajstić information content (AvgIpc) is 2.96. The van der Waals surface area contributed by atoms with Gasteiger partial charge in [0, 0.05) is 36.3 Å². The molecule has 3 aromatic rings. The number of carboxylic acid groups (broad SMARTS) is 1. The van der Waals surface area contributed by atoms with Crippen LogP contribution in [-0.4, -0.2) is 47.5 Å². The van der Waals surface area contributed by atoms with E-state index < -0.39 is 17.7 Å². The van der Waals surface area contributed by atoms with E-state index in [1.165, 1.54) is 12.1 Å². The molecule has 0 radical (unpaired) electrons. The minimum atomic E-state index is -1.20. The molecular formula is C37H49FN2O5. The maximum atomic E-state index is 13.3. The number of benzene rings is 2. The number of aliphatic carboxylic acids is 1. The number of anilines is 1. The number of carbonyl (C=O) groups is 1. The minimum absolute atomic E-state index is 0.00764. The Morgan fingerprint density at radius 1 is 1.04 bits per heavy atom. The van der Waals surface area contributed by atoms with Gasteiger partial charge in [-0.2, -0.15) is 0 Å². The lowest BCUT2D eigenvalue weighted by Gasteiger charge is -2.41. The van der Waals surface area contributed by atoms with Crippen LogP contribution in [0, 0.1) is 18.2 Å². The molecule has 1 aliphatic heterocycles. The van der Waals surface area contributed by atoms with Crippen molar-refractivity contribution in [3.8, 4) is 16.9 Å². The Kier molecular flexibility index (Phi) is 10.9. The van der Waals surface area contributed by atoms with Gasteiger partial charge in [0.15, 0.2) is 6.10 Å². The lowest BCUT2D eigenvalue weighted by molar-refractivity contribution is -0.160. The fourth-order valence-electron chi connectivity index (χ4n) is 5.63. The third-order valence-corrected chi connectivity index (χ3v) is 8.13. The third kappa shape index (κ3) is 9.27. The third-order valence-electron chi connectivity index (χ3n) is 8.13. The van der Waals surface area contributed by atoms with Crippen molar-refractivity contribution in [1.29, 1.82) is 0 Å². The second-order valence-electron chi connectivity index (χ2n) is 14.0. The summed E-state index contributed by atoms with van der Waals surface area (Å²) in [6, 6.07) is 14.3. The van der Waals surface area contributed by atoms with Gasteiger partial charge in [0.1, 0.15) is 11.6 Å². The zero-order valence-corrected chi connectivity index (χ0v) is 28.1. The highest BCUT2D eigenvalue weighted by Gasteiger charge is 2.37. The van der Waals surface area contributed by atoms with Crippen LogP contribution < -0.4 is 9.64 Å². The molecule has 1 N–H and O–H groups in total. The van der Waals surface area contributed by atoms with Gasteiger partial charge in [0.25, 0.3) is 0 Å². The largest absolute Gasteiger partial charge is 0.493 e. The molecule has 0 bridgehead atoms. The Morgan fingerprint density at radius 3 is 2.22 bits per heavy atom. The van der Waals surface area contributed by atoms with E-state index >= 15 is 0 Å². The number of nitrogens with zero attached hydrogens (tertiary/aromatic N) is 2. The van der Waals surface area contributed by atoms with Crippen LogP contribution >= 0.6 is 0 Å². The predicted molar refractivity (Wildman–Crippen MR) is 176 cm³/mol. The Hall–Kier alpha value is -3.49. The molecule has 45 heavy (non-hydrogen) atoms. The number of hydrogen-bond acceptors (Lipinski definition) is 6. The zero-order valence-electron chi connectivity index (χ0n) is 28.1. The number of pyridine rings is 1. The van der Waals surface area contributed by atoms with Gasteiger partial charge >= 0.3 is 5.97 Å². The number of aromatic nitrogens is 1. The summed E-state index contributed by atoms with van der Waals surface area (Å²) in [4.78, 5) is 20.2. The van der Waals surface area contributed by atoms with Crippen LogP contribution in [0.1, 0.15) is 89.9 Å². The van der Waals surface area contributed by atoms with Crippen LogP contribution in [0.25, 0.3) is 11.1 Å². The summed E-state index contributed by atoms with van der Waals surface area (Å²) in [7, 11) is 0. The van der Waals surface area contributed by atoms with Crippen molar-refractivity contribution < 1.29 is 28.5 Å². The van der Waals surface area contributed by atoms with Crippen LogP contribution in [0.4, 0.5) is 10.1 Å². The van der Waals surface area contributed by atoms with E-state index in [2.05, 4.69) is 18.7 Å². The number of hydrogen-bond donors (Lipinski definition) is 1. The molecule has 2 heterocycles. The predicted octanol–water partition coefficient (Wildman–Crippen LogP) is 8.31. The number of ether oxygens (including phenoxy) is 3. The second-order valence-corrected chi connectivity index (χ2v) is 14.0. The van der Waals surface area contributed by atoms with Crippen molar-refractivity contribution in [2.75, 3.05) is 24.6 Å². The lowest BCUT2D eigenvalue weighted by atomic mass is 9.81. The Labute approximate surface area is 267 Å². The molecule has 1 atom stereocenters. The van der Waals surface area contributed by atoms with E-state index in [4.69, 9.17) is 19.2 Å². The molecule has 1 aromatic heterocycles. The van der Waals surface area contributed by atoms with E-state index in [-0.39, 0.29) is 23.9 Å². The first-order valence-corrected chi connectivity index (χ1v) is 15.9. The van der Waals surface area contributed by atoms with Crippen LogP contribution in [-0.2, 0) is 27.3 Å². The molecule has 7 nitrogen and oxygen atoms in total. The fraction of sp³-hybridized carbons (Fsp3) is 0.514. The maximum Gasteiger partial charge on any atom is 0.337 e. The van der Waals surface area contributed by atoms with Gasteiger partial charge in [-0.15, -0.1) is 0 Å². The van der Waals surface area contributed by atoms with E-state index in [9.17, 15) is 14.3 Å². The summed E-state index contributed by atoms with van der Waals surface area (Å²) in [5.74, 6) is -0.591. The Balaban J connectivity index is 1.80. The van der Waals surface area contributed by atoms with Gasteiger partial charge in [-0.25, -0.2) is 9.18 Å². The monoisotopic (exact) mass is 620 g/mol. The van der Waals surface area contributed by atoms with Crippen LogP contribution in [0.3, 0.4) is 0 Å².